The van der Waals surface area contributed by atoms with Crippen LogP contribution in [0.5, 0.6) is 11.5 Å². The first-order chi connectivity index (χ1) is 15.6. The first-order valence-corrected chi connectivity index (χ1v) is 12.3. The maximum absolute atomic E-state index is 5.59. The van der Waals surface area contributed by atoms with E-state index in [1.807, 2.05) is 13.1 Å². The molecule has 188 valence electrons. The number of nitrogens with one attached hydrogen (secondary N) is 2. The first-order valence-electron chi connectivity index (χ1n) is 12.3. The molecule has 1 aliphatic carbocycles. The summed E-state index contributed by atoms with van der Waals surface area (Å²) in [6.07, 6.45) is 6.17. The molecule has 0 amide bonds. The maximum atomic E-state index is 5.59. The largest absolute Gasteiger partial charge is 0.493 e. The number of rotatable bonds is 9. The number of piperazine rings is 1. The number of hydrogen-bond acceptors (Lipinski definition) is 5. The number of nitrogens with zero attached hydrogens (tertiary/aromatic N) is 3. The summed E-state index contributed by atoms with van der Waals surface area (Å²) in [4.78, 5) is 9.55. The summed E-state index contributed by atoms with van der Waals surface area (Å²) in [5.74, 6) is 2.48. The molecule has 0 radical (unpaired) electrons. The number of aliphatic imine (C=N–C) groups is 1. The minimum atomic E-state index is 0. The van der Waals surface area contributed by atoms with Gasteiger partial charge in [0, 0.05) is 58.3 Å². The standard InChI is InChI=1S/C25H43N5O2.HI/c1-5-29-15-17-30(18-16-29)14-13-27-24(26-2)28-20-25(11-7-6-8-12-25)21-9-10-22(31-3)23(19-21)32-4;/h9-10,19H,5-8,11-18,20H2,1-4H3,(H2,26,27,28);1H. The van der Waals surface area contributed by atoms with Crippen LogP contribution in [0.15, 0.2) is 23.2 Å². The molecule has 2 fully saturated rings. The molecule has 8 heteroatoms. The number of likely N-dealkylation sites (N-methyl/N-ethyl adjacent to an activating group) is 1. The van der Waals surface area contributed by atoms with Crippen LogP contribution in [0.1, 0.15) is 44.6 Å². The first kappa shape index (κ1) is 28.0. The Labute approximate surface area is 217 Å². The second-order valence-corrected chi connectivity index (χ2v) is 9.04. The third kappa shape index (κ3) is 7.62. The van der Waals surface area contributed by atoms with Crippen LogP contribution in [0.4, 0.5) is 0 Å². The number of benzene rings is 1. The molecular formula is C25H44IN5O2. The fourth-order valence-electron chi connectivity index (χ4n) is 5.10. The van der Waals surface area contributed by atoms with E-state index in [0.717, 1.165) is 56.7 Å². The van der Waals surface area contributed by atoms with Gasteiger partial charge in [-0.2, -0.15) is 0 Å². The van der Waals surface area contributed by atoms with Gasteiger partial charge in [-0.05, 0) is 37.1 Å². The number of methoxy groups -OCH3 is 2. The molecule has 2 aliphatic rings. The minimum absolute atomic E-state index is 0. The van der Waals surface area contributed by atoms with Gasteiger partial charge in [0.25, 0.3) is 0 Å². The maximum Gasteiger partial charge on any atom is 0.191 e. The van der Waals surface area contributed by atoms with Gasteiger partial charge in [-0.1, -0.05) is 32.3 Å². The highest BCUT2D eigenvalue weighted by Crippen LogP contribution is 2.42. The molecule has 0 unspecified atom stereocenters. The van der Waals surface area contributed by atoms with E-state index in [9.17, 15) is 0 Å². The molecule has 1 aliphatic heterocycles. The second-order valence-electron chi connectivity index (χ2n) is 9.04. The molecule has 1 saturated heterocycles. The summed E-state index contributed by atoms with van der Waals surface area (Å²) in [7, 11) is 5.26. The Morgan fingerprint density at radius 2 is 1.64 bits per heavy atom. The van der Waals surface area contributed by atoms with E-state index >= 15 is 0 Å². The van der Waals surface area contributed by atoms with Gasteiger partial charge in [-0.25, -0.2) is 0 Å². The lowest BCUT2D eigenvalue weighted by Gasteiger charge is -2.39. The smallest absolute Gasteiger partial charge is 0.191 e. The number of halogens is 1. The lowest BCUT2D eigenvalue weighted by Crippen LogP contribution is -2.50. The third-order valence-electron chi connectivity index (χ3n) is 7.26. The molecule has 33 heavy (non-hydrogen) atoms. The Morgan fingerprint density at radius 1 is 0.970 bits per heavy atom. The molecule has 2 N–H and O–H groups in total. The normalized spacial score (nSPS) is 19.5. The van der Waals surface area contributed by atoms with Crippen LogP contribution in [-0.2, 0) is 5.41 Å². The number of hydrogen-bond donors (Lipinski definition) is 2. The summed E-state index contributed by atoms with van der Waals surface area (Å²) in [6.45, 7) is 10.9. The molecule has 0 atom stereocenters. The van der Waals surface area contributed by atoms with Gasteiger partial charge in [-0.3, -0.25) is 9.89 Å². The predicted molar refractivity (Wildman–Crippen MR) is 148 cm³/mol. The molecule has 1 aromatic rings. The number of ether oxygens (including phenoxy) is 2. The van der Waals surface area contributed by atoms with Crippen molar-refractivity contribution >= 4 is 29.9 Å². The van der Waals surface area contributed by atoms with E-state index in [-0.39, 0.29) is 29.4 Å². The van der Waals surface area contributed by atoms with Crippen molar-refractivity contribution in [2.24, 2.45) is 4.99 Å². The van der Waals surface area contributed by atoms with Crippen LogP contribution in [0.2, 0.25) is 0 Å². The van der Waals surface area contributed by atoms with Gasteiger partial charge in [0.05, 0.1) is 14.2 Å². The van der Waals surface area contributed by atoms with E-state index < -0.39 is 0 Å². The lowest BCUT2D eigenvalue weighted by atomic mass is 9.69. The monoisotopic (exact) mass is 573 g/mol. The van der Waals surface area contributed by atoms with E-state index in [1.54, 1.807) is 14.2 Å². The molecular weight excluding hydrogens is 529 g/mol. The SMILES string of the molecule is CCN1CCN(CCNC(=NC)NCC2(c3ccc(OC)c(OC)c3)CCCCC2)CC1.I. The topological polar surface area (TPSA) is 61.4 Å². The molecule has 7 nitrogen and oxygen atoms in total. The van der Waals surface area contributed by atoms with Gasteiger partial charge in [0.1, 0.15) is 0 Å². The zero-order valence-electron chi connectivity index (χ0n) is 21.0. The van der Waals surface area contributed by atoms with Crippen LogP contribution < -0.4 is 20.1 Å². The fraction of sp³-hybridized carbons (Fsp3) is 0.720. The lowest BCUT2D eigenvalue weighted by molar-refractivity contribution is 0.139. The van der Waals surface area contributed by atoms with Crippen molar-refractivity contribution in [1.29, 1.82) is 0 Å². The minimum Gasteiger partial charge on any atom is -0.493 e. The van der Waals surface area contributed by atoms with Crippen LogP contribution in [0.25, 0.3) is 0 Å². The fourth-order valence-corrected chi connectivity index (χ4v) is 5.10. The molecule has 0 spiro atoms. The summed E-state index contributed by atoms with van der Waals surface area (Å²) >= 11 is 0. The van der Waals surface area contributed by atoms with Gasteiger partial charge >= 0.3 is 0 Å². The van der Waals surface area contributed by atoms with Crippen LogP contribution in [-0.4, -0.2) is 89.4 Å². The Balaban J connectivity index is 0.00000385. The van der Waals surface area contributed by atoms with Crippen LogP contribution in [0.3, 0.4) is 0 Å². The van der Waals surface area contributed by atoms with Gasteiger partial charge < -0.3 is 25.0 Å². The molecule has 1 heterocycles. The molecule has 1 saturated carbocycles. The van der Waals surface area contributed by atoms with Crippen molar-refractivity contribution in [3.8, 4) is 11.5 Å². The quantitative estimate of drug-likeness (QED) is 0.269. The Morgan fingerprint density at radius 3 is 2.24 bits per heavy atom. The molecule has 3 rings (SSSR count). The highest BCUT2D eigenvalue weighted by atomic mass is 127. The van der Waals surface area contributed by atoms with Crippen molar-refractivity contribution in [3.63, 3.8) is 0 Å². The Bertz CT molecular complexity index is 732. The summed E-state index contributed by atoms with van der Waals surface area (Å²) in [5.41, 5.74) is 1.41. The van der Waals surface area contributed by atoms with Gasteiger partial charge in [0.2, 0.25) is 0 Å². The summed E-state index contributed by atoms with van der Waals surface area (Å²) < 4.78 is 11.1. The molecule has 0 bridgehead atoms. The van der Waals surface area contributed by atoms with Crippen molar-refractivity contribution in [1.82, 2.24) is 20.4 Å². The van der Waals surface area contributed by atoms with Crippen LogP contribution >= 0.6 is 24.0 Å². The molecule has 1 aromatic carbocycles. The average Bonchev–Trinajstić information content (AvgIpc) is 2.86. The average molecular weight is 574 g/mol. The zero-order chi connectivity index (χ0) is 22.8. The summed E-state index contributed by atoms with van der Waals surface area (Å²) in [6, 6.07) is 6.41. The highest BCUT2D eigenvalue weighted by molar-refractivity contribution is 14.0. The van der Waals surface area contributed by atoms with E-state index in [0.29, 0.717) is 0 Å². The van der Waals surface area contributed by atoms with E-state index in [4.69, 9.17) is 9.47 Å². The highest BCUT2D eigenvalue weighted by Gasteiger charge is 2.34. The molecule has 0 aromatic heterocycles. The van der Waals surface area contributed by atoms with Gasteiger partial charge in [0.15, 0.2) is 17.5 Å². The van der Waals surface area contributed by atoms with E-state index in [2.05, 4.69) is 44.5 Å². The Kier molecular flexibility index (Phi) is 12.0. The predicted octanol–water partition coefficient (Wildman–Crippen LogP) is 3.33. The Hall–Kier alpha value is -1.26. The van der Waals surface area contributed by atoms with Gasteiger partial charge in [-0.15, -0.1) is 24.0 Å². The van der Waals surface area contributed by atoms with Crippen molar-refractivity contribution in [2.75, 3.05) is 73.6 Å². The second kappa shape index (κ2) is 14.2. The van der Waals surface area contributed by atoms with Crippen molar-refractivity contribution in [3.05, 3.63) is 23.8 Å². The van der Waals surface area contributed by atoms with Crippen molar-refractivity contribution < 1.29 is 9.47 Å². The van der Waals surface area contributed by atoms with E-state index in [1.165, 1.54) is 50.8 Å². The third-order valence-corrected chi connectivity index (χ3v) is 7.26. The number of guanidine groups is 1. The zero-order valence-corrected chi connectivity index (χ0v) is 23.3. The van der Waals surface area contributed by atoms with Crippen LogP contribution in [0, 0.1) is 0 Å². The summed E-state index contributed by atoms with van der Waals surface area (Å²) in [5, 5.41) is 7.17. The van der Waals surface area contributed by atoms with Crippen molar-refractivity contribution in [2.45, 2.75) is 44.4 Å².